The van der Waals surface area contributed by atoms with Crippen LogP contribution in [-0.4, -0.2) is 41.7 Å². The van der Waals surface area contributed by atoms with E-state index in [0.717, 1.165) is 35.7 Å². The Morgan fingerprint density at radius 1 is 1.13 bits per heavy atom. The molecular formula is C26H33N3OS. The molecule has 5 heteroatoms. The maximum Gasteiger partial charge on any atom is 0.251 e. The van der Waals surface area contributed by atoms with Crippen molar-refractivity contribution >= 4 is 29.1 Å². The molecule has 4 rings (SSSR count). The molecular weight excluding hydrogens is 402 g/mol. The predicted octanol–water partition coefficient (Wildman–Crippen LogP) is 6.06. The van der Waals surface area contributed by atoms with Gasteiger partial charge in [-0.15, -0.1) is 0 Å². The molecule has 0 saturated carbocycles. The average molecular weight is 436 g/mol. The fourth-order valence-corrected chi connectivity index (χ4v) is 5.73. The number of nitrogens with one attached hydrogen (secondary N) is 1. The van der Waals surface area contributed by atoms with Gasteiger partial charge in [0.25, 0.3) is 5.91 Å². The lowest BCUT2D eigenvalue weighted by molar-refractivity contribution is 0.0925. The SMILES string of the molecule is CCC1=Nc2cc(C(=O)NCCCN3[C@H](C)CCC[C@H]3C)ccc2Sc2ccccc21. The van der Waals surface area contributed by atoms with Crippen molar-refractivity contribution < 1.29 is 4.79 Å². The van der Waals surface area contributed by atoms with Crippen molar-refractivity contribution in [2.75, 3.05) is 13.1 Å². The summed E-state index contributed by atoms with van der Waals surface area (Å²) >= 11 is 1.73. The number of carbonyl (C=O) groups is 1. The van der Waals surface area contributed by atoms with Gasteiger partial charge in [0.15, 0.2) is 0 Å². The number of benzene rings is 2. The third kappa shape index (κ3) is 5.04. The van der Waals surface area contributed by atoms with Crippen molar-refractivity contribution in [3.8, 4) is 0 Å². The summed E-state index contributed by atoms with van der Waals surface area (Å²) in [7, 11) is 0. The van der Waals surface area contributed by atoms with Crippen LogP contribution < -0.4 is 5.32 Å². The first kappa shape index (κ1) is 22.1. The third-order valence-corrected chi connectivity index (χ3v) is 7.63. The van der Waals surface area contributed by atoms with Crippen molar-refractivity contribution in [1.29, 1.82) is 0 Å². The molecule has 2 aliphatic heterocycles. The summed E-state index contributed by atoms with van der Waals surface area (Å²) in [6, 6.07) is 15.6. The van der Waals surface area contributed by atoms with E-state index in [9.17, 15) is 4.79 Å². The lowest BCUT2D eigenvalue weighted by Crippen LogP contribution is -2.44. The minimum atomic E-state index is -0.0115. The number of hydrogen-bond donors (Lipinski definition) is 1. The molecule has 1 amide bonds. The van der Waals surface area contributed by atoms with Gasteiger partial charge in [-0.3, -0.25) is 14.7 Å². The Labute approximate surface area is 190 Å². The summed E-state index contributed by atoms with van der Waals surface area (Å²) in [6.45, 7) is 8.53. The molecule has 1 N–H and O–H groups in total. The quantitative estimate of drug-likeness (QED) is 0.561. The van der Waals surface area contributed by atoms with E-state index in [2.05, 4.69) is 55.3 Å². The zero-order chi connectivity index (χ0) is 21.8. The molecule has 0 spiro atoms. The second-order valence-corrected chi connectivity index (χ2v) is 9.75. The summed E-state index contributed by atoms with van der Waals surface area (Å²) in [5, 5.41) is 3.11. The first-order chi connectivity index (χ1) is 15.1. The standard InChI is InChI=1S/C26H33N3OS/c1-4-22-21-11-5-6-12-24(21)31-25-14-13-20(17-23(25)28-22)26(30)27-15-8-16-29-18(2)9-7-10-19(29)3/h5-6,11-14,17-19H,4,7-10,15-16H2,1-3H3,(H,27,30)/t18-,19-/m1/s1. The monoisotopic (exact) mass is 435 g/mol. The number of fused-ring (bicyclic) bond motifs is 2. The highest BCUT2D eigenvalue weighted by Crippen LogP contribution is 2.41. The number of piperidine rings is 1. The number of rotatable bonds is 6. The molecule has 2 aromatic rings. The summed E-state index contributed by atoms with van der Waals surface area (Å²) < 4.78 is 0. The molecule has 2 aromatic carbocycles. The van der Waals surface area contributed by atoms with Crippen LogP contribution in [0.1, 0.15) is 68.8 Å². The topological polar surface area (TPSA) is 44.7 Å². The highest BCUT2D eigenvalue weighted by atomic mass is 32.2. The van der Waals surface area contributed by atoms with E-state index >= 15 is 0 Å². The summed E-state index contributed by atoms with van der Waals surface area (Å²) in [4.78, 5) is 22.6. The maximum atomic E-state index is 12.8. The maximum absolute atomic E-state index is 12.8. The highest BCUT2D eigenvalue weighted by Gasteiger charge is 2.24. The molecule has 1 fully saturated rings. The molecule has 164 valence electrons. The number of hydrogen-bond acceptors (Lipinski definition) is 4. The smallest absolute Gasteiger partial charge is 0.251 e. The van der Waals surface area contributed by atoms with Crippen LogP contribution in [0.5, 0.6) is 0 Å². The van der Waals surface area contributed by atoms with Gasteiger partial charge < -0.3 is 5.32 Å². The Morgan fingerprint density at radius 2 is 1.90 bits per heavy atom. The molecule has 2 aliphatic rings. The molecule has 31 heavy (non-hydrogen) atoms. The minimum Gasteiger partial charge on any atom is -0.352 e. The van der Waals surface area contributed by atoms with E-state index in [1.54, 1.807) is 11.8 Å². The van der Waals surface area contributed by atoms with Gasteiger partial charge in [-0.2, -0.15) is 0 Å². The van der Waals surface area contributed by atoms with Gasteiger partial charge >= 0.3 is 0 Å². The van der Waals surface area contributed by atoms with Crippen molar-refractivity contribution in [3.63, 3.8) is 0 Å². The van der Waals surface area contributed by atoms with Gasteiger partial charge in [0.05, 0.1) is 5.69 Å². The second kappa shape index (κ2) is 10.0. The van der Waals surface area contributed by atoms with Crippen LogP contribution in [0.3, 0.4) is 0 Å². The van der Waals surface area contributed by atoms with Gasteiger partial charge in [-0.25, -0.2) is 0 Å². The van der Waals surface area contributed by atoms with Crippen LogP contribution in [0.25, 0.3) is 0 Å². The van der Waals surface area contributed by atoms with Crippen molar-refractivity contribution in [1.82, 2.24) is 10.2 Å². The van der Waals surface area contributed by atoms with Gasteiger partial charge in [0.2, 0.25) is 0 Å². The van der Waals surface area contributed by atoms with Crippen LogP contribution in [0, 0.1) is 0 Å². The minimum absolute atomic E-state index is 0.0115. The van der Waals surface area contributed by atoms with E-state index in [-0.39, 0.29) is 5.91 Å². The molecule has 2 atom stereocenters. The molecule has 0 aromatic heterocycles. The van der Waals surface area contributed by atoms with Gasteiger partial charge in [0.1, 0.15) is 0 Å². The summed E-state index contributed by atoms with van der Waals surface area (Å²) in [6.07, 6.45) is 5.75. The van der Waals surface area contributed by atoms with E-state index < -0.39 is 0 Å². The van der Waals surface area contributed by atoms with E-state index in [1.165, 1.54) is 29.7 Å². The van der Waals surface area contributed by atoms with E-state index in [1.807, 2.05) is 18.2 Å². The summed E-state index contributed by atoms with van der Waals surface area (Å²) in [5.74, 6) is -0.0115. The number of aliphatic imine (C=N–C) groups is 1. The lowest BCUT2D eigenvalue weighted by atomic mass is 9.97. The lowest BCUT2D eigenvalue weighted by Gasteiger charge is -2.39. The van der Waals surface area contributed by atoms with Crippen LogP contribution in [0.4, 0.5) is 5.69 Å². The number of likely N-dealkylation sites (tertiary alicyclic amines) is 1. The first-order valence-corrected chi connectivity index (χ1v) is 12.4. The van der Waals surface area contributed by atoms with E-state index in [4.69, 9.17) is 4.99 Å². The number of carbonyl (C=O) groups excluding carboxylic acids is 1. The Bertz CT molecular complexity index is 961. The molecule has 2 heterocycles. The molecule has 0 unspecified atom stereocenters. The third-order valence-electron chi connectivity index (χ3n) is 6.48. The Balaban J connectivity index is 1.40. The largest absolute Gasteiger partial charge is 0.352 e. The normalized spacial score (nSPS) is 20.9. The number of amides is 1. The fraction of sp³-hybridized carbons (Fsp3) is 0.462. The predicted molar refractivity (Wildman–Crippen MR) is 130 cm³/mol. The van der Waals surface area contributed by atoms with Crippen LogP contribution in [0.2, 0.25) is 0 Å². The fourth-order valence-electron chi connectivity index (χ4n) is 4.70. The molecule has 4 nitrogen and oxygen atoms in total. The zero-order valence-electron chi connectivity index (χ0n) is 18.9. The van der Waals surface area contributed by atoms with E-state index in [0.29, 0.717) is 24.2 Å². The van der Waals surface area contributed by atoms with Crippen LogP contribution in [0.15, 0.2) is 57.2 Å². The van der Waals surface area contributed by atoms with Crippen molar-refractivity contribution in [2.45, 2.75) is 74.7 Å². The molecule has 0 radical (unpaired) electrons. The summed E-state index contributed by atoms with van der Waals surface area (Å²) in [5.41, 5.74) is 3.84. The highest BCUT2D eigenvalue weighted by molar-refractivity contribution is 7.99. The van der Waals surface area contributed by atoms with Gasteiger partial charge in [0, 0.05) is 51.8 Å². The van der Waals surface area contributed by atoms with Crippen LogP contribution in [-0.2, 0) is 0 Å². The van der Waals surface area contributed by atoms with Crippen molar-refractivity contribution in [3.05, 3.63) is 53.6 Å². The average Bonchev–Trinajstić information content (AvgIpc) is 2.93. The van der Waals surface area contributed by atoms with Gasteiger partial charge in [-0.05, 0) is 63.8 Å². The zero-order valence-corrected chi connectivity index (χ0v) is 19.7. The van der Waals surface area contributed by atoms with Crippen molar-refractivity contribution in [2.24, 2.45) is 4.99 Å². The second-order valence-electron chi connectivity index (χ2n) is 8.67. The van der Waals surface area contributed by atoms with Gasteiger partial charge in [-0.1, -0.05) is 43.3 Å². The number of nitrogens with zero attached hydrogens (tertiary/aromatic N) is 2. The first-order valence-electron chi connectivity index (χ1n) is 11.6. The molecule has 0 aliphatic carbocycles. The molecule has 0 bridgehead atoms. The Morgan fingerprint density at radius 3 is 2.68 bits per heavy atom. The Kier molecular flexibility index (Phi) is 7.13. The van der Waals surface area contributed by atoms with Crippen LogP contribution >= 0.6 is 11.8 Å². The Hall–Kier alpha value is -2.11. The molecule has 1 saturated heterocycles.